The molecule has 2 heterocycles. The van der Waals surface area contributed by atoms with Gasteiger partial charge in [0.25, 0.3) is 11.6 Å². The zero-order chi connectivity index (χ0) is 20.4. The lowest BCUT2D eigenvalue weighted by atomic mass is 10.1. The molecule has 12 nitrogen and oxygen atoms in total. The summed E-state index contributed by atoms with van der Waals surface area (Å²) in [5, 5.41) is 31.9. The fourth-order valence-corrected chi connectivity index (χ4v) is 2.56. The van der Waals surface area contributed by atoms with Crippen LogP contribution in [0, 0.1) is 27.2 Å². The zero-order valence-electron chi connectivity index (χ0n) is 14.2. The Morgan fingerprint density at radius 3 is 2.68 bits per heavy atom. The fraction of sp³-hybridized carbons (Fsp3) is 0.133. The monoisotopic (exact) mass is 406 g/mol. The van der Waals surface area contributed by atoms with Gasteiger partial charge in [-0.25, -0.2) is 0 Å². The summed E-state index contributed by atoms with van der Waals surface area (Å²) in [6.45, 7) is 1.54. The average Bonchev–Trinajstić information content (AvgIpc) is 3.24. The lowest BCUT2D eigenvalue weighted by Crippen LogP contribution is -2.16. The number of anilines is 1. The first-order chi connectivity index (χ1) is 13.3. The molecule has 1 aromatic carbocycles. The Morgan fingerprint density at radius 2 is 2.04 bits per heavy atom. The predicted octanol–water partition coefficient (Wildman–Crippen LogP) is 2.95. The summed E-state index contributed by atoms with van der Waals surface area (Å²) in [4.78, 5) is 33.2. The molecule has 3 aromatic rings. The Balaban J connectivity index is 1.87. The van der Waals surface area contributed by atoms with Crippen LogP contribution in [-0.2, 0) is 6.54 Å². The highest BCUT2D eigenvalue weighted by molar-refractivity contribution is 6.31. The average molecular weight is 407 g/mol. The van der Waals surface area contributed by atoms with Gasteiger partial charge < -0.3 is 20.0 Å². The number of aryl methyl sites for hydroxylation is 1. The van der Waals surface area contributed by atoms with E-state index in [1.165, 1.54) is 29.1 Å². The molecule has 13 heteroatoms. The first kappa shape index (κ1) is 19.0. The zero-order valence-corrected chi connectivity index (χ0v) is 14.9. The minimum atomic E-state index is -0.751. The molecule has 1 amide bonds. The second-order valence-electron chi connectivity index (χ2n) is 5.57. The SMILES string of the molecule is Cc1onc(C(=O)Nc2ccc(Cl)cc2[N+](=O)[O-])c1Cn1ccc([N+](=O)[O-])n1. The molecule has 0 unspecified atom stereocenters. The number of carbonyl (C=O) groups excluding carboxylic acids is 1. The van der Waals surface area contributed by atoms with Crippen LogP contribution in [-0.4, -0.2) is 30.7 Å². The Morgan fingerprint density at radius 1 is 1.29 bits per heavy atom. The van der Waals surface area contributed by atoms with Gasteiger partial charge in [0.05, 0.1) is 34.4 Å². The van der Waals surface area contributed by atoms with Crippen LogP contribution < -0.4 is 5.32 Å². The van der Waals surface area contributed by atoms with Crippen LogP contribution in [0.5, 0.6) is 0 Å². The number of hydrogen-bond acceptors (Lipinski definition) is 8. The first-order valence-corrected chi connectivity index (χ1v) is 8.02. The molecule has 0 atom stereocenters. The number of benzene rings is 1. The third-order valence-corrected chi connectivity index (χ3v) is 3.97. The van der Waals surface area contributed by atoms with Gasteiger partial charge in [0, 0.05) is 11.1 Å². The van der Waals surface area contributed by atoms with E-state index in [0.29, 0.717) is 11.3 Å². The van der Waals surface area contributed by atoms with Gasteiger partial charge in [-0.3, -0.25) is 14.9 Å². The Kier molecular flexibility index (Phi) is 5.04. The van der Waals surface area contributed by atoms with Crippen molar-refractivity contribution >= 4 is 34.7 Å². The molecule has 0 saturated heterocycles. The lowest BCUT2D eigenvalue weighted by Gasteiger charge is -2.06. The standard InChI is InChI=1S/C15H11ClN6O6/c1-8-10(7-20-5-4-13(18-20)22(26)27)14(19-28-8)15(23)17-11-3-2-9(16)6-12(11)21(24)25/h2-6H,7H2,1H3,(H,17,23). The van der Waals surface area contributed by atoms with Crippen molar-refractivity contribution in [1.82, 2.24) is 14.9 Å². The highest BCUT2D eigenvalue weighted by Gasteiger charge is 2.24. The van der Waals surface area contributed by atoms with E-state index in [1.807, 2.05) is 0 Å². The number of amides is 1. The second kappa shape index (κ2) is 7.44. The Labute approximate surface area is 161 Å². The van der Waals surface area contributed by atoms with Crippen LogP contribution in [0.2, 0.25) is 5.02 Å². The van der Waals surface area contributed by atoms with Gasteiger partial charge in [0.2, 0.25) is 0 Å². The van der Waals surface area contributed by atoms with Gasteiger partial charge in [-0.15, -0.1) is 0 Å². The third kappa shape index (κ3) is 3.81. The summed E-state index contributed by atoms with van der Waals surface area (Å²) in [7, 11) is 0. The molecule has 2 aromatic heterocycles. The molecule has 0 saturated carbocycles. The fourth-order valence-electron chi connectivity index (χ4n) is 2.40. The molecule has 0 spiro atoms. The maximum absolute atomic E-state index is 12.6. The van der Waals surface area contributed by atoms with Crippen LogP contribution in [0.4, 0.5) is 17.2 Å². The van der Waals surface area contributed by atoms with E-state index < -0.39 is 15.8 Å². The van der Waals surface area contributed by atoms with Gasteiger partial charge in [-0.2, -0.15) is 4.68 Å². The number of rotatable bonds is 6. The molecule has 28 heavy (non-hydrogen) atoms. The predicted molar refractivity (Wildman–Crippen MR) is 95.3 cm³/mol. The molecule has 0 fully saturated rings. The minimum Gasteiger partial charge on any atom is -0.361 e. The highest BCUT2D eigenvalue weighted by atomic mass is 35.5. The molecule has 0 aliphatic heterocycles. The van der Waals surface area contributed by atoms with Gasteiger partial charge in [0.15, 0.2) is 5.69 Å². The Bertz CT molecular complexity index is 1090. The van der Waals surface area contributed by atoms with Gasteiger partial charge >= 0.3 is 5.82 Å². The van der Waals surface area contributed by atoms with E-state index in [4.69, 9.17) is 16.1 Å². The topological polar surface area (TPSA) is 159 Å². The molecule has 3 rings (SSSR count). The van der Waals surface area contributed by atoms with Crippen molar-refractivity contribution < 1.29 is 19.2 Å². The maximum Gasteiger partial charge on any atom is 0.389 e. The number of nitrogens with zero attached hydrogens (tertiary/aromatic N) is 5. The second-order valence-corrected chi connectivity index (χ2v) is 6.00. The molecule has 0 bridgehead atoms. The third-order valence-electron chi connectivity index (χ3n) is 3.74. The van der Waals surface area contributed by atoms with Crippen molar-refractivity contribution in [3.63, 3.8) is 0 Å². The molecular weight excluding hydrogens is 396 g/mol. The molecular formula is C15H11ClN6O6. The quantitative estimate of drug-likeness (QED) is 0.482. The molecule has 144 valence electrons. The number of nitro groups is 2. The van der Waals surface area contributed by atoms with E-state index in [2.05, 4.69) is 15.6 Å². The van der Waals surface area contributed by atoms with E-state index in [9.17, 15) is 25.0 Å². The maximum atomic E-state index is 12.6. The van der Waals surface area contributed by atoms with Crippen LogP contribution in [0.3, 0.4) is 0 Å². The highest BCUT2D eigenvalue weighted by Crippen LogP contribution is 2.28. The first-order valence-electron chi connectivity index (χ1n) is 7.64. The lowest BCUT2D eigenvalue weighted by molar-refractivity contribution is -0.389. The normalized spacial score (nSPS) is 10.6. The van der Waals surface area contributed by atoms with Gasteiger partial charge in [0.1, 0.15) is 11.4 Å². The van der Waals surface area contributed by atoms with Crippen molar-refractivity contribution in [1.29, 1.82) is 0 Å². The summed E-state index contributed by atoms with van der Waals surface area (Å²) in [5.41, 5.74) is -0.252. The molecule has 0 aliphatic rings. The van der Waals surface area contributed by atoms with Gasteiger partial charge in [-0.1, -0.05) is 16.8 Å². The van der Waals surface area contributed by atoms with Crippen molar-refractivity contribution in [2.24, 2.45) is 0 Å². The van der Waals surface area contributed by atoms with Crippen LogP contribution in [0.1, 0.15) is 21.8 Å². The summed E-state index contributed by atoms with van der Waals surface area (Å²) in [6, 6.07) is 5.00. The van der Waals surface area contributed by atoms with E-state index >= 15 is 0 Å². The summed E-state index contributed by atoms with van der Waals surface area (Å²) < 4.78 is 6.29. The smallest absolute Gasteiger partial charge is 0.361 e. The van der Waals surface area contributed by atoms with E-state index in [-0.39, 0.29) is 34.5 Å². The summed E-state index contributed by atoms with van der Waals surface area (Å²) >= 11 is 5.76. The number of nitrogens with one attached hydrogen (secondary N) is 1. The minimum absolute atomic E-state index is 0.0192. The van der Waals surface area contributed by atoms with E-state index in [1.54, 1.807) is 6.92 Å². The van der Waals surface area contributed by atoms with Crippen LogP contribution in [0.15, 0.2) is 35.0 Å². The molecule has 1 N–H and O–H groups in total. The number of nitro benzene ring substituents is 1. The van der Waals surface area contributed by atoms with Crippen molar-refractivity contribution in [2.45, 2.75) is 13.5 Å². The molecule has 0 aliphatic carbocycles. The Hall–Kier alpha value is -3.80. The number of halogens is 1. The van der Waals surface area contributed by atoms with E-state index in [0.717, 1.165) is 6.07 Å². The van der Waals surface area contributed by atoms with Crippen LogP contribution in [0.25, 0.3) is 0 Å². The summed E-state index contributed by atoms with van der Waals surface area (Å²) in [6.07, 6.45) is 1.37. The number of carbonyl (C=O) groups is 1. The van der Waals surface area contributed by atoms with Gasteiger partial charge in [-0.05, 0) is 24.0 Å². The van der Waals surface area contributed by atoms with Crippen molar-refractivity contribution in [3.8, 4) is 0 Å². The number of aromatic nitrogens is 3. The summed E-state index contributed by atoms with van der Waals surface area (Å²) in [5.74, 6) is -0.801. The van der Waals surface area contributed by atoms with Crippen LogP contribution >= 0.6 is 11.6 Å². The largest absolute Gasteiger partial charge is 0.389 e. The van der Waals surface area contributed by atoms with Crippen molar-refractivity contribution in [2.75, 3.05) is 5.32 Å². The number of hydrogen-bond donors (Lipinski definition) is 1. The molecule has 0 radical (unpaired) electrons. The van der Waals surface area contributed by atoms with Crippen molar-refractivity contribution in [3.05, 3.63) is 72.7 Å².